The van der Waals surface area contributed by atoms with Crippen molar-refractivity contribution in [3.63, 3.8) is 0 Å². The lowest BCUT2D eigenvalue weighted by atomic mass is 9.44. The van der Waals surface area contributed by atoms with Crippen molar-refractivity contribution in [2.45, 2.75) is 91.1 Å². The molecule has 4 aliphatic carbocycles. The Hall–Kier alpha value is -1.14. The molecule has 182 valence electrons. The first-order valence-corrected chi connectivity index (χ1v) is 13.1. The number of oxime groups is 1. The van der Waals surface area contributed by atoms with Crippen LogP contribution in [0.25, 0.3) is 0 Å². The van der Waals surface area contributed by atoms with Crippen molar-refractivity contribution < 1.29 is 14.7 Å². The summed E-state index contributed by atoms with van der Waals surface area (Å²) in [6.45, 7) is 8.55. The molecular formula is C26H45N3O3. The maximum Gasteiger partial charge on any atom is 0.433 e. The van der Waals surface area contributed by atoms with E-state index in [9.17, 15) is 9.90 Å². The minimum Gasteiger partial charge on any atom is -0.393 e. The summed E-state index contributed by atoms with van der Waals surface area (Å²) in [6.07, 6.45) is 11.1. The third-order valence-electron chi connectivity index (χ3n) is 10.3. The number of aliphatic hydroxyl groups excluding tert-OH is 1. The summed E-state index contributed by atoms with van der Waals surface area (Å²) in [4.78, 5) is 17.2. The van der Waals surface area contributed by atoms with Crippen LogP contribution in [0.2, 0.25) is 0 Å². The van der Waals surface area contributed by atoms with Gasteiger partial charge in [-0.15, -0.1) is 0 Å². The van der Waals surface area contributed by atoms with Gasteiger partial charge in [0, 0.05) is 12.5 Å². The Balaban J connectivity index is 1.40. The van der Waals surface area contributed by atoms with E-state index in [1.54, 1.807) is 0 Å². The highest BCUT2D eigenvalue weighted by Gasteiger charge is 2.60. The first kappa shape index (κ1) is 24.0. The number of rotatable bonds is 6. The fourth-order valence-electron chi connectivity index (χ4n) is 8.59. The van der Waals surface area contributed by atoms with Crippen molar-refractivity contribution in [2.24, 2.45) is 45.6 Å². The fourth-order valence-corrected chi connectivity index (χ4v) is 8.59. The van der Waals surface area contributed by atoms with Crippen LogP contribution >= 0.6 is 0 Å². The van der Waals surface area contributed by atoms with Gasteiger partial charge in [0.15, 0.2) is 0 Å². The van der Waals surface area contributed by atoms with Gasteiger partial charge in [-0.05, 0) is 119 Å². The second-order valence-electron chi connectivity index (χ2n) is 11.8. The van der Waals surface area contributed by atoms with Crippen LogP contribution < -0.4 is 10.6 Å². The summed E-state index contributed by atoms with van der Waals surface area (Å²) in [5.74, 6) is 3.47. The normalized spacial score (nSPS) is 43.7. The van der Waals surface area contributed by atoms with E-state index < -0.39 is 6.09 Å². The molecule has 6 nitrogen and oxygen atoms in total. The van der Waals surface area contributed by atoms with Gasteiger partial charge in [-0.2, -0.15) is 0 Å². The predicted octanol–water partition coefficient (Wildman–Crippen LogP) is 4.72. The number of carbonyl (C=O) groups excluding carboxylic acids is 1. The van der Waals surface area contributed by atoms with Crippen LogP contribution in [0, 0.1) is 40.4 Å². The van der Waals surface area contributed by atoms with Gasteiger partial charge in [0.05, 0.1) is 11.8 Å². The molecule has 32 heavy (non-hydrogen) atoms. The quantitative estimate of drug-likeness (QED) is 0.238. The molecule has 0 aliphatic heterocycles. The number of hydrogen-bond acceptors (Lipinski definition) is 5. The zero-order valence-electron chi connectivity index (χ0n) is 20.7. The standard InChI is InChI=1S/C26H45N3O3/c1-17(29-32-24(31)28-15-5-14-27-4)21-8-9-22-20-7-6-18-16-19(30)10-12-25(18,2)23(20)11-13-26(21,22)3/h18-23,27,30H,5-16H2,1-4H3,(H,28,31)/b29-17+/t18-,19+,20-,21+,22-,23-,25-,26+/m0/s1. The molecule has 0 saturated heterocycles. The molecule has 4 aliphatic rings. The summed E-state index contributed by atoms with van der Waals surface area (Å²) >= 11 is 0. The number of hydrogen-bond donors (Lipinski definition) is 3. The summed E-state index contributed by atoms with van der Waals surface area (Å²) in [5.41, 5.74) is 1.66. The Labute approximate surface area is 194 Å². The molecule has 4 saturated carbocycles. The highest BCUT2D eigenvalue weighted by atomic mass is 16.7. The van der Waals surface area contributed by atoms with Crippen LogP contribution in [0.4, 0.5) is 4.79 Å². The van der Waals surface area contributed by atoms with E-state index in [2.05, 4.69) is 36.6 Å². The van der Waals surface area contributed by atoms with Crippen molar-refractivity contribution >= 4 is 11.8 Å². The number of fused-ring (bicyclic) bond motifs is 5. The fraction of sp³-hybridized carbons (Fsp3) is 0.923. The summed E-state index contributed by atoms with van der Waals surface area (Å²) in [6, 6.07) is 0. The van der Waals surface area contributed by atoms with Crippen LogP contribution in [0.1, 0.15) is 85.0 Å². The second-order valence-corrected chi connectivity index (χ2v) is 11.8. The number of nitrogens with zero attached hydrogens (tertiary/aromatic N) is 1. The molecule has 0 aromatic rings. The zero-order chi connectivity index (χ0) is 22.9. The van der Waals surface area contributed by atoms with E-state index in [0.29, 0.717) is 23.8 Å². The van der Waals surface area contributed by atoms with Crippen LogP contribution in [-0.4, -0.2) is 43.2 Å². The van der Waals surface area contributed by atoms with E-state index in [-0.39, 0.29) is 11.5 Å². The molecule has 3 N–H and O–H groups in total. The molecule has 0 heterocycles. The Bertz CT molecular complexity index is 712. The number of carbonyl (C=O) groups is 1. The van der Waals surface area contributed by atoms with Crippen molar-refractivity contribution in [2.75, 3.05) is 20.1 Å². The molecule has 0 spiro atoms. The molecule has 0 bridgehead atoms. The smallest absolute Gasteiger partial charge is 0.393 e. The number of amides is 1. The lowest BCUT2D eigenvalue weighted by molar-refractivity contribution is -0.123. The minimum absolute atomic E-state index is 0.0753. The maximum absolute atomic E-state index is 12.0. The highest BCUT2D eigenvalue weighted by molar-refractivity contribution is 5.85. The van der Waals surface area contributed by atoms with Gasteiger partial charge in [-0.3, -0.25) is 4.84 Å². The Kier molecular flexibility index (Phi) is 7.21. The highest BCUT2D eigenvalue weighted by Crippen LogP contribution is 2.67. The summed E-state index contributed by atoms with van der Waals surface area (Å²) in [7, 11) is 1.90. The van der Waals surface area contributed by atoms with Crippen LogP contribution in [0.15, 0.2) is 5.16 Å². The zero-order valence-corrected chi connectivity index (χ0v) is 20.7. The number of aliphatic hydroxyl groups is 1. The lowest BCUT2D eigenvalue weighted by Gasteiger charge is -2.61. The molecule has 0 aromatic carbocycles. The number of nitrogens with one attached hydrogen (secondary N) is 2. The molecule has 0 aromatic heterocycles. The van der Waals surface area contributed by atoms with Gasteiger partial charge < -0.3 is 15.7 Å². The molecule has 6 heteroatoms. The average molecular weight is 448 g/mol. The molecule has 0 unspecified atom stereocenters. The molecular weight excluding hydrogens is 402 g/mol. The van der Waals surface area contributed by atoms with Crippen molar-refractivity contribution in [3.8, 4) is 0 Å². The van der Waals surface area contributed by atoms with Gasteiger partial charge in [-0.25, -0.2) is 4.79 Å². The first-order valence-electron chi connectivity index (χ1n) is 13.1. The minimum atomic E-state index is -0.449. The Morgan fingerprint density at radius 1 is 1.03 bits per heavy atom. The third-order valence-corrected chi connectivity index (χ3v) is 10.3. The van der Waals surface area contributed by atoms with E-state index in [1.165, 1.54) is 38.5 Å². The van der Waals surface area contributed by atoms with Crippen LogP contribution in [0.5, 0.6) is 0 Å². The van der Waals surface area contributed by atoms with E-state index >= 15 is 0 Å². The molecule has 8 atom stereocenters. The van der Waals surface area contributed by atoms with Crippen molar-refractivity contribution in [1.29, 1.82) is 0 Å². The van der Waals surface area contributed by atoms with Crippen molar-refractivity contribution in [3.05, 3.63) is 0 Å². The van der Waals surface area contributed by atoms with Crippen molar-refractivity contribution in [1.82, 2.24) is 10.6 Å². The Morgan fingerprint density at radius 2 is 1.78 bits per heavy atom. The first-order chi connectivity index (χ1) is 15.3. The summed E-state index contributed by atoms with van der Waals surface area (Å²) in [5, 5.41) is 20.4. The maximum atomic E-state index is 12.0. The predicted molar refractivity (Wildman–Crippen MR) is 127 cm³/mol. The molecule has 4 fully saturated rings. The van der Waals surface area contributed by atoms with Gasteiger partial charge in [0.2, 0.25) is 0 Å². The van der Waals surface area contributed by atoms with Crippen LogP contribution in [0.3, 0.4) is 0 Å². The molecule has 4 rings (SSSR count). The van der Waals surface area contributed by atoms with E-state index in [1.807, 2.05) is 7.05 Å². The second kappa shape index (κ2) is 9.61. The largest absolute Gasteiger partial charge is 0.433 e. The topological polar surface area (TPSA) is 83.0 Å². The average Bonchev–Trinajstić information content (AvgIpc) is 3.13. The lowest BCUT2D eigenvalue weighted by Crippen LogP contribution is -2.54. The van der Waals surface area contributed by atoms with E-state index in [0.717, 1.165) is 55.7 Å². The SMILES string of the molecule is CNCCCNC(=O)O/N=C(\C)[C@H]1CC[C@H]2[C@@H]3CC[C@H]4C[C@H](O)CC[C@]4(C)[C@H]3CC[C@]12C. The van der Waals surface area contributed by atoms with Gasteiger partial charge >= 0.3 is 6.09 Å². The molecule has 0 radical (unpaired) electrons. The van der Waals surface area contributed by atoms with Gasteiger partial charge in [-0.1, -0.05) is 19.0 Å². The molecule has 1 amide bonds. The Morgan fingerprint density at radius 3 is 2.56 bits per heavy atom. The van der Waals surface area contributed by atoms with Gasteiger partial charge in [0.25, 0.3) is 0 Å². The summed E-state index contributed by atoms with van der Waals surface area (Å²) < 4.78 is 0. The van der Waals surface area contributed by atoms with Gasteiger partial charge in [0.1, 0.15) is 0 Å². The monoisotopic (exact) mass is 447 g/mol. The third kappa shape index (κ3) is 4.34. The van der Waals surface area contributed by atoms with E-state index in [4.69, 9.17) is 4.84 Å². The van der Waals surface area contributed by atoms with Crippen LogP contribution in [-0.2, 0) is 4.84 Å².